The van der Waals surface area contributed by atoms with Crippen LogP contribution in [0.1, 0.15) is 0 Å². The highest BCUT2D eigenvalue weighted by molar-refractivity contribution is 6.48. The number of rotatable bonds is 1. The maximum absolute atomic E-state index is 12.4. The molecule has 5 heteroatoms. The number of benzene rings is 1. The Hall–Kier alpha value is -2.16. The highest BCUT2D eigenvalue weighted by Crippen LogP contribution is 2.37. The number of carbonyl (C=O) groups excluding carboxylic acids is 1. The first-order chi connectivity index (χ1) is 9.24. The summed E-state index contributed by atoms with van der Waals surface area (Å²) in [6.45, 7) is 0. The summed E-state index contributed by atoms with van der Waals surface area (Å²) in [6.07, 6.45) is 5.42. The Morgan fingerprint density at radius 1 is 1.26 bits per heavy atom. The second-order valence-corrected chi connectivity index (χ2v) is 4.86. The number of carbonyl (C=O) groups is 1. The van der Waals surface area contributed by atoms with Crippen LogP contribution in [-0.4, -0.2) is 21.8 Å². The van der Waals surface area contributed by atoms with E-state index < -0.39 is 5.92 Å². The van der Waals surface area contributed by atoms with Crippen molar-refractivity contribution in [3.05, 3.63) is 59.8 Å². The average molecular weight is 272 g/mol. The third kappa shape index (κ3) is 1.73. The average Bonchev–Trinajstić information content (AvgIpc) is 2.73. The van der Waals surface area contributed by atoms with Gasteiger partial charge in [-0.2, -0.15) is 4.79 Å². The van der Waals surface area contributed by atoms with Crippen molar-refractivity contribution in [3.8, 4) is 0 Å². The maximum Gasteiger partial charge on any atom is 0.367 e. The minimum atomic E-state index is -0.399. The van der Waals surface area contributed by atoms with Gasteiger partial charge in [0.2, 0.25) is 0 Å². The topological polar surface area (TPSA) is 56.7 Å². The normalized spacial score (nSPS) is 25.1. The van der Waals surface area contributed by atoms with E-state index in [4.69, 9.17) is 17.1 Å². The summed E-state index contributed by atoms with van der Waals surface area (Å²) in [4.78, 5) is 17.0. The number of allylic oxidation sites excluding steroid dienone is 4. The third-order valence-electron chi connectivity index (χ3n) is 3.30. The molecule has 1 fully saturated rings. The summed E-state index contributed by atoms with van der Waals surface area (Å²) in [5, 5.41) is -0.386. The number of hydrogen-bond acceptors (Lipinski definition) is 1. The van der Waals surface area contributed by atoms with Gasteiger partial charge in [0.25, 0.3) is 0 Å². The molecule has 1 aromatic rings. The van der Waals surface area contributed by atoms with Gasteiger partial charge in [-0.1, -0.05) is 30.4 Å². The number of anilines is 1. The van der Waals surface area contributed by atoms with Crippen molar-refractivity contribution in [1.82, 2.24) is 0 Å². The van der Waals surface area contributed by atoms with E-state index in [0.29, 0.717) is 0 Å². The van der Waals surface area contributed by atoms with Crippen molar-refractivity contribution >= 4 is 28.9 Å². The smallest absolute Gasteiger partial charge is 0.361 e. The number of fused-ring (bicyclic) bond motifs is 1. The van der Waals surface area contributed by atoms with Gasteiger partial charge in [-0.05, 0) is 18.2 Å². The Morgan fingerprint density at radius 2 is 2.00 bits per heavy atom. The summed E-state index contributed by atoms with van der Waals surface area (Å²) in [7, 11) is 0. The Morgan fingerprint density at radius 3 is 2.68 bits per heavy atom. The molecule has 1 heterocycles. The molecule has 3 rings (SSSR count). The molecule has 19 heavy (non-hydrogen) atoms. The van der Waals surface area contributed by atoms with Gasteiger partial charge in [0.1, 0.15) is 5.92 Å². The van der Waals surface area contributed by atoms with E-state index in [0.717, 1.165) is 11.4 Å². The quantitative estimate of drug-likeness (QED) is 0.439. The van der Waals surface area contributed by atoms with E-state index in [-0.39, 0.29) is 17.0 Å². The summed E-state index contributed by atoms with van der Waals surface area (Å²) in [6, 6.07) is 9.24. The summed E-state index contributed by atoms with van der Waals surface area (Å²) in [5.41, 5.74) is 10.7. The molecule has 4 nitrogen and oxygen atoms in total. The van der Waals surface area contributed by atoms with E-state index in [1.165, 1.54) is 0 Å². The lowest BCUT2D eigenvalue weighted by molar-refractivity contribution is -0.115. The van der Waals surface area contributed by atoms with Gasteiger partial charge in [0.05, 0.1) is 5.38 Å². The Kier molecular flexibility index (Phi) is 2.82. The van der Waals surface area contributed by atoms with Crippen LogP contribution >= 0.6 is 11.6 Å². The van der Waals surface area contributed by atoms with Crippen LogP contribution in [0.3, 0.4) is 0 Å². The SMILES string of the molecule is [N-]=[N+]=C1C(=O)N(c2ccccc2)C2=CC=CC(Cl)C21. The lowest BCUT2D eigenvalue weighted by Gasteiger charge is -2.21. The molecule has 2 unspecified atom stereocenters. The number of hydrogen-bond donors (Lipinski definition) is 0. The summed E-state index contributed by atoms with van der Waals surface area (Å²) >= 11 is 6.21. The van der Waals surface area contributed by atoms with Crippen LogP contribution < -0.4 is 4.90 Å². The van der Waals surface area contributed by atoms with Crippen molar-refractivity contribution in [3.63, 3.8) is 0 Å². The molecule has 1 aliphatic carbocycles. The number of amides is 1. The maximum atomic E-state index is 12.4. The van der Waals surface area contributed by atoms with E-state index in [9.17, 15) is 4.79 Å². The van der Waals surface area contributed by atoms with Crippen molar-refractivity contribution in [2.75, 3.05) is 4.90 Å². The van der Waals surface area contributed by atoms with Crippen LogP contribution in [0.5, 0.6) is 0 Å². The van der Waals surface area contributed by atoms with Gasteiger partial charge in [-0.25, -0.2) is 0 Å². The molecule has 2 atom stereocenters. The van der Waals surface area contributed by atoms with Crippen LogP contribution in [0.25, 0.3) is 5.53 Å². The fourth-order valence-electron chi connectivity index (χ4n) is 2.46. The molecule has 0 bridgehead atoms. The highest BCUT2D eigenvalue weighted by Gasteiger charge is 2.51. The third-order valence-corrected chi connectivity index (χ3v) is 3.69. The molecule has 0 N–H and O–H groups in total. The second-order valence-electron chi connectivity index (χ2n) is 4.36. The molecule has 94 valence electrons. The molecule has 0 radical (unpaired) electrons. The Balaban J connectivity index is 2.16. The predicted octanol–water partition coefficient (Wildman–Crippen LogP) is 2.38. The van der Waals surface area contributed by atoms with Crippen LogP contribution in [0.2, 0.25) is 0 Å². The molecule has 1 aliphatic heterocycles. The standard InChI is InChI=1S/C14H10ClN3O/c15-10-7-4-8-11-12(10)13(17-16)14(19)18(11)9-5-2-1-3-6-9/h1-8,10,12H. The molecular formula is C14H10ClN3O. The molecule has 0 aromatic heterocycles. The first-order valence-corrected chi connectivity index (χ1v) is 6.31. The highest BCUT2D eigenvalue weighted by atomic mass is 35.5. The Bertz CT molecular complexity index is 644. The number of nitrogens with zero attached hydrogens (tertiary/aromatic N) is 3. The molecule has 1 amide bonds. The van der Waals surface area contributed by atoms with Gasteiger partial charge >= 0.3 is 11.6 Å². The Labute approximate surface area is 115 Å². The van der Waals surface area contributed by atoms with E-state index in [2.05, 4.69) is 4.79 Å². The fourth-order valence-corrected chi connectivity index (χ4v) is 2.79. The van der Waals surface area contributed by atoms with Gasteiger partial charge in [-0.3, -0.25) is 9.69 Å². The van der Waals surface area contributed by atoms with Gasteiger partial charge in [0, 0.05) is 11.4 Å². The number of para-hydroxylation sites is 1. The van der Waals surface area contributed by atoms with Crippen LogP contribution in [-0.2, 0) is 4.79 Å². The molecule has 1 aromatic carbocycles. The lowest BCUT2D eigenvalue weighted by Crippen LogP contribution is -2.26. The molecule has 0 saturated carbocycles. The van der Waals surface area contributed by atoms with Crippen LogP contribution in [0.15, 0.2) is 54.3 Å². The van der Waals surface area contributed by atoms with Gasteiger partial charge in [0.15, 0.2) is 0 Å². The number of halogens is 1. The predicted molar refractivity (Wildman–Crippen MR) is 72.9 cm³/mol. The van der Waals surface area contributed by atoms with E-state index in [1.807, 2.05) is 42.5 Å². The lowest BCUT2D eigenvalue weighted by atomic mass is 9.95. The minimum absolute atomic E-state index is 0.0828. The first kappa shape index (κ1) is 11.9. The molecular weight excluding hydrogens is 262 g/mol. The fraction of sp³-hybridized carbons (Fsp3) is 0.143. The van der Waals surface area contributed by atoms with Crippen LogP contribution in [0, 0.1) is 5.92 Å². The van der Waals surface area contributed by atoms with Crippen molar-refractivity contribution in [2.24, 2.45) is 5.92 Å². The van der Waals surface area contributed by atoms with E-state index in [1.54, 1.807) is 11.0 Å². The largest absolute Gasteiger partial charge is 0.367 e. The van der Waals surface area contributed by atoms with Crippen molar-refractivity contribution in [1.29, 1.82) is 0 Å². The molecule has 0 spiro atoms. The first-order valence-electron chi connectivity index (χ1n) is 5.88. The van der Waals surface area contributed by atoms with E-state index >= 15 is 0 Å². The van der Waals surface area contributed by atoms with Gasteiger partial charge in [-0.15, -0.1) is 11.6 Å². The summed E-state index contributed by atoms with van der Waals surface area (Å²) < 4.78 is 0. The second kappa shape index (κ2) is 4.50. The van der Waals surface area contributed by atoms with Gasteiger partial charge < -0.3 is 5.53 Å². The number of alkyl halides is 1. The van der Waals surface area contributed by atoms with Crippen LogP contribution in [0.4, 0.5) is 5.69 Å². The monoisotopic (exact) mass is 271 g/mol. The van der Waals surface area contributed by atoms with Crippen molar-refractivity contribution in [2.45, 2.75) is 5.38 Å². The summed E-state index contributed by atoms with van der Waals surface area (Å²) in [5.74, 6) is -0.733. The zero-order valence-corrected chi connectivity index (χ0v) is 10.7. The molecule has 1 saturated heterocycles. The zero-order valence-electron chi connectivity index (χ0n) is 9.90. The van der Waals surface area contributed by atoms with Crippen molar-refractivity contribution < 1.29 is 9.58 Å². The molecule has 2 aliphatic rings. The zero-order chi connectivity index (χ0) is 13.4. The minimum Gasteiger partial charge on any atom is -0.361 e.